The van der Waals surface area contributed by atoms with Crippen LogP contribution in [-0.4, -0.2) is 40.8 Å². The highest BCUT2D eigenvalue weighted by atomic mass is 16.1. The SMILES string of the molecule is CNCCNC(=O)Cc1c(C)nc2c(c1C)c(=O)[nH]n2C. The number of likely N-dealkylation sites (N-methyl/N-ethyl adjacent to an activating group) is 1. The molecule has 2 rings (SSSR count). The number of carbonyl (C=O) groups is 1. The van der Waals surface area contributed by atoms with Crippen molar-refractivity contribution in [3.8, 4) is 0 Å². The molecule has 7 nitrogen and oxygen atoms in total. The first-order valence-corrected chi connectivity index (χ1v) is 6.91. The zero-order chi connectivity index (χ0) is 15.6. The van der Waals surface area contributed by atoms with Crippen molar-refractivity contribution >= 4 is 16.9 Å². The summed E-state index contributed by atoms with van der Waals surface area (Å²) >= 11 is 0. The van der Waals surface area contributed by atoms with Crippen LogP contribution in [-0.2, 0) is 18.3 Å². The second-order valence-electron chi connectivity index (χ2n) is 5.13. The Labute approximate surface area is 122 Å². The van der Waals surface area contributed by atoms with Gasteiger partial charge >= 0.3 is 0 Å². The monoisotopic (exact) mass is 291 g/mol. The third kappa shape index (κ3) is 2.97. The fraction of sp³-hybridized carbons (Fsp3) is 0.500. The summed E-state index contributed by atoms with van der Waals surface area (Å²) in [6, 6.07) is 0. The van der Waals surface area contributed by atoms with Gasteiger partial charge in [-0.25, -0.2) is 4.98 Å². The molecule has 0 saturated carbocycles. The lowest BCUT2D eigenvalue weighted by Crippen LogP contribution is -2.31. The van der Waals surface area contributed by atoms with Crippen molar-refractivity contribution in [3.05, 3.63) is 27.2 Å². The number of aromatic amines is 1. The minimum Gasteiger partial charge on any atom is -0.355 e. The molecule has 2 aromatic rings. The fourth-order valence-electron chi connectivity index (χ4n) is 2.46. The number of hydrogen-bond donors (Lipinski definition) is 3. The van der Waals surface area contributed by atoms with Crippen LogP contribution in [0.2, 0.25) is 0 Å². The molecule has 0 aliphatic carbocycles. The van der Waals surface area contributed by atoms with E-state index in [2.05, 4.69) is 20.7 Å². The van der Waals surface area contributed by atoms with Crippen molar-refractivity contribution < 1.29 is 4.79 Å². The van der Waals surface area contributed by atoms with E-state index >= 15 is 0 Å². The van der Waals surface area contributed by atoms with Gasteiger partial charge in [0.2, 0.25) is 5.91 Å². The van der Waals surface area contributed by atoms with Gasteiger partial charge in [-0.2, -0.15) is 0 Å². The molecule has 0 radical (unpaired) electrons. The molecule has 0 saturated heterocycles. The van der Waals surface area contributed by atoms with Gasteiger partial charge in [-0.1, -0.05) is 0 Å². The van der Waals surface area contributed by atoms with Gasteiger partial charge in [0.15, 0.2) is 5.65 Å². The van der Waals surface area contributed by atoms with Crippen molar-refractivity contribution in [2.45, 2.75) is 20.3 Å². The predicted molar refractivity (Wildman–Crippen MR) is 81.4 cm³/mol. The van der Waals surface area contributed by atoms with E-state index in [-0.39, 0.29) is 17.9 Å². The van der Waals surface area contributed by atoms with E-state index < -0.39 is 0 Å². The molecular formula is C14H21N5O2. The van der Waals surface area contributed by atoms with Crippen molar-refractivity contribution in [2.75, 3.05) is 20.1 Å². The van der Waals surface area contributed by atoms with Gasteiger partial charge in [0.1, 0.15) is 0 Å². The Morgan fingerprint density at radius 3 is 2.71 bits per heavy atom. The Morgan fingerprint density at radius 1 is 1.33 bits per heavy atom. The zero-order valence-corrected chi connectivity index (χ0v) is 12.8. The maximum absolute atomic E-state index is 12.0. The molecule has 0 atom stereocenters. The molecule has 0 aliphatic heterocycles. The molecule has 0 spiro atoms. The van der Waals surface area contributed by atoms with Crippen molar-refractivity contribution in [1.82, 2.24) is 25.4 Å². The van der Waals surface area contributed by atoms with Crippen LogP contribution in [0.15, 0.2) is 4.79 Å². The van der Waals surface area contributed by atoms with E-state index in [0.717, 1.165) is 23.4 Å². The van der Waals surface area contributed by atoms with Crippen LogP contribution in [0.3, 0.4) is 0 Å². The minimum atomic E-state index is -0.172. The number of carbonyl (C=O) groups excluding carboxylic acids is 1. The van der Waals surface area contributed by atoms with Gasteiger partial charge in [-0.3, -0.25) is 19.4 Å². The number of aryl methyl sites for hydroxylation is 3. The molecule has 7 heteroatoms. The van der Waals surface area contributed by atoms with Crippen LogP contribution < -0.4 is 16.2 Å². The minimum absolute atomic E-state index is 0.0649. The predicted octanol–water partition coefficient (Wildman–Crippen LogP) is -0.243. The van der Waals surface area contributed by atoms with Crippen molar-refractivity contribution in [2.24, 2.45) is 7.05 Å². The largest absolute Gasteiger partial charge is 0.355 e. The lowest BCUT2D eigenvalue weighted by molar-refractivity contribution is -0.120. The summed E-state index contributed by atoms with van der Waals surface area (Å²) in [6.45, 7) is 5.02. The van der Waals surface area contributed by atoms with Crippen LogP contribution in [0.5, 0.6) is 0 Å². The number of amides is 1. The summed E-state index contributed by atoms with van der Waals surface area (Å²) in [7, 11) is 3.58. The Kier molecular flexibility index (Phi) is 4.42. The normalized spacial score (nSPS) is 11.0. The lowest BCUT2D eigenvalue weighted by atomic mass is 10.0. The van der Waals surface area contributed by atoms with Gasteiger partial charge in [0.25, 0.3) is 5.56 Å². The summed E-state index contributed by atoms with van der Waals surface area (Å²) in [4.78, 5) is 28.4. The average Bonchev–Trinajstić information content (AvgIpc) is 2.70. The summed E-state index contributed by atoms with van der Waals surface area (Å²) < 4.78 is 1.61. The molecule has 0 aromatic carbocycles. The van der Waals surface area contributed by atoms with Crippen LogP contribution in [0.4, 0.5) is 0 Å². The standard InChI is InChI=1S/C14H21N5O2/c1-8-10(7-11(20)16-6-5-15-3)9(2)17-13-12(8)14(21)18-19(13)4/h15H,5-7H2,1-4H3,(H,16,20)(H,18,21). The quantitative estimate of drug-likeness (QED) is 0.663. The molecule has 3 N–H and O–H groups in total. The third-order valence-corrected chi connectivity index (χ3v) is 3.61. The molecule has 21 heavy (non-hydrogen) atoms. The van der Waals surface area contributed by atoms with E-state index in [1.165, 1.54) is 0 Å². The van der Waals surface area contributed by atoms with Gasteiger partial charge in [-0.05, 0) is 32.0 Å². The smallest absolute Gasteiger partial charge is 0.273 e. The number of hydrogen-bond acceptors (Lipinski definition) is 4. The van der Waals surface area contributed by atoms with E-state index in [1.54, 1.807) is 11.7 Å². The first-order chi connectivity index (χ1) is 9.95. The summed E-state index contributed by atoms with van der Waals surface area (Å²) in [5.41, 5.74) is 2.87. The van der Waals surface area contributed by atoms with E-state index in [1.807, 2.05) is 20.9 Å². The van der Waals surface area contributed by atoms with Crippen molar-refractivity contribution in [3.63, 3.8) is 0 Å². The Balaban J connectivity index is 2.34. The van der Waals surface area contributed by atoms with Gasteiger partial charge < -0.3 is 10.6 Å². The summed E-state index contributed by atoms with van der Waals surface area (Å²) in [5.74, 6) is -0.0649. The highest BCUT2D eigenvalue weighted by Gasteiger charge is 2.17. The van der Waals surface area contributed by atoms with Crippen molar-refractivity contribution in [1.29, 1.82) is 0 Å². The average molecular weight is 291 g/mol. The highest BCUT2D eigenvalue weighted by Crippen LogP contribution is 2.20. The van der Waals surface area contributed by atoms with Gasteiger partial charge in [0, 0.05) is 25.8 Å². The number of fused-ring (bicyclic) bond motifs is 1. The number of pyridine rings is 1. The molecule has 0 bridgehead atoms. The van der Waals surface area contributed by atoms with E-state index in [4.69, 9.17) is 0 Å². The Hall–Kier alpha value is -2.15. The van der Waals surface area contributed by atoms with Crippen LogP contribution in [0.25, 0.3) is 11.0 Å². The first kappa shape index (κ1) is 15.2. The second kappa shape index (κ2) is 6.09. The molecule has 1 amide bonds. The Bertz CT molecular complexity index is 729. The zero-order valence-electron chi connectivity index (χ0n) is 12.8. The van der Waals surface area contributed by atoms with Gasteiger partial charge in [0.05, 0.1) is 11.8 Å². The number of rotatable bonds is 5. The number of nitrogens with one attached hydrogen (secondary N) is 3. The fourth-order valence-corrected chi connectivity index (χ4v) is 2.46. The van der Waals surface area contributed by atoms with E-state index in [0.29, 0.717) is 17.6 Å². The molecule has 114 valence electrons. The molecular weight excluding hydrogens is 270 g/mol. The van der Waals surface area contributed by atoms with Crippen LogP contribution >= 0.6 is 0 Å². The molecule has 2 heterocycles. The molecule has 0 aliphatic rings. The molecule has 2 aromatic heterocycles. The topological polar surface area (TPSA) is 91.8 Å². The van der Waals surface area contributed by atoms with E-state index in [9.17, 15) is 9.59 Å². The summed E-state index contributed by atoms with van der Waals surface area (Å²) in [6.07, 6.45) is 0.235. The van der Waals surface area contributed by atoms with Gasteiger partial charge in [-0.15, -0.1) is 0 Å². The number of aromatic nitrogens is 3. The summed E-state index contributed by atoms with van der Waals surface area (Å²) in [5, 5.41) is 9.06. The maximum Gasteiger partial charge on any atom is 0.273 e. The highest BCUT2D eigenvalue weighted by molar-refractivity contribution is 5.84. The lowest BCUT2D eigenvalue weighted by Gasteiger charge is -2.10. The second-order valence-corrected chi connectivity index (χ2v) is 5.13. The van der Waals surface area contributed by atoms with Crippen LogP contribution in [0.1, 0.15) is 16.8 Å². The van der Waals surface area contributed by atoms with Crippen LogP contribution in [0, 0.1) is 13.8 Å². The first-order valence-electron chi connectivity index (χ1n) is 6.91. The molecule has 0 unspecified atom stereocenters. The number of H-pyrrole nitrogens is 1. The third-order valence-electron chi connectivity index (χ3n) is 3.61. The number of nitrogens with zero attached hydrogens (tertiary/aromatic N) is 2. The maximum atomic E-state index is 12.0. The Morgan fingerprint density at radius 2 is 2.05 bits per heavy atom. The molecule has 0 fully saturated rings.